The van der Waals surface area contributed by atoms with Gasteiger partial charge in [-0.15, -0.1) is 0 Å². The average molecular weight is 350 g/mol. The number of carbonyl (C=O) groups is 2. The van der Waals surface area contributed by atoms with Gasteiger partial charge >= 0.3 is 0 Å². The topological polar surface area (TPSA) is 45.1 Å². The Labute approximate surface area is 153 Å². The molecule has 0 aliphatic carbocycles. The van der Waals surface area contributed by atoms with Crippen molar-refractivity contribution in [3.63, 3.8) is 0 Å². The van der Waals surface area contributed by atoms with E-state index < -0.39 is 0 Å². The number of hydrogen-bond acceptors (Lipinski definition) is 3. The molecule has 2 saturated heterocycles. The summed E-state index contributed by atoms with van der Waals surface area (Å²) in [6, 6.07) is 17.7. The van der Waals surface area contributed by atoms with Crippen LogP contribution in [0.15, 0.2) is 54.6 Å². The number of piperazine rings is 1. The Balaban J connectivity index is 1.44. The maximum Gasteiger partial charge on any atom is 0.292 e. The molecule has 1 N–H and O–H groups in total. The monoisotopic (exact) mass is 350 g/mol. The Morgan fingerprint density at radius 1 is 0.885 bits per heavy atom. The first-order valence-electron chi connectivity index (χ1n) is 9.21. The number of quaternary nitrogens is 1. The number of rotatable bonds is 3. The standard InChI is InChI=1S/C21H23N3O2/c1-16-7-9-18(10-8-16)24-20(25)15-19(21(24)26)23-13-11-22(12-14-23)17-5-3-2-4-6-17/h2-10,19H,11-15H2,1H3/p+1. The van der Waals surface area contributed by atoms with Crippen LogP contribution in [0.2, 0.25) is 0 Å². The summed E-state index contributed by atoms with van der Waals surface area (Å²) >= 11 is 0. The molecule has 0 aromatic heterocycles. The van der Waals surface area contributed by atoms with Gasteiger partial charge in [0.2, 0.25) is 5.91 Å². The van der Waals surface area contributed by atoms with Crippen molar-refractivity contribution in [2.45, 2.75) is 19.4 Å². The van der Waals surface area contributed by atoms with E-state index in [1.807, 2.05) is 49.4 Å². The maximum absolute atomic E-state index is 12.9. The highest BCUT2D eigenvalue weighted by Gasteiger charge is 2.46. The Morgan fingerprint density at radius 3 is 2.19 bits per heavy atom. The summed E-state index contributed by atoms with van der Waals surface area (Å²) in [7, 11) is 0. The van der Waals surface area contributed by atoms with Crippen molar-refractivity contribution in [2.24, 2.45) is 0 Å². The number of imide groups is 1. The van der Waals surface area contributed by atoms with Crippen molar-refractivity contribution >= 4 is 23.2 Å². The molecule has 2 aliphatic rings. The van der Waals surface area contributed by atoms with Gasteiger partial charge in [0.1, 0.15) is 0 Å². The summed E-state index contributed by atoms with van der Waals surface area (Å²) < 4.78 is 0. The first-order chi connectivity index (χ1) is 12.6. The highest BCUT2D eigenvalue weighted by Crippen LogP contribution is 2.22. The molecular weight excluding hydrogens is 326 g/mol. The number of benzene rings is 2. The summed E-state index contributed by atoms with van der Waals surface area (Å²) in [6.07, 6.45) is 0.313. The van der Waals surface area contributed by atoms with Crippen LogP contribution in [0.5, 0.6) is 0 Å². The van der Waals surface area contributed by atoms with E-state index in [-0.39, 0.29) is 17.9 Å². The van der Waals surface area contributed by atoms with E-state index >= 15 is 0 Å². The zero-order valence-corrected chi connectivity index (χ0v) is 15.0. The van der Waals surface area contributed by atoms with Gasteiger partial charge in [-0.05, 0) is 31.2 Å². The van der Waals surface area contributed by atoms with Gasteiger partial charge in [-0.25, -0.2) is 4.90 Å². The first-order valence-corrected chi connectivity index (χ1v) is 9.21. The van der Waals surface area contributed by atoms with E-state index in [0.29, 0.717) is 12.1 Å². The minimum absolute atomic E-state index is 0.0537. The van der Waals surface area contributed by atoms with Crippen molar-refractivity contribution in [1.82, 2.24) is 0 Å². The van der Waals surface area contributed by atoms with Gasteiger partial charge in [0.15, 0.2) is 6.04 Å². The largest absolute Gasteiger partial charge is 0.360 e. The lowest BCUT2D eigenvalue weighted by Gasteiger charge is -2.35. The van der Waals surface area contributed by atoms with Gasteiger partial charge in [-0.3, -0.25) is 9.59 Å². The van der Waals surface area contributed by atoms with Gasteiger partial charge in [0, 0.05) is 5.69 Å². The fourth-order valence-corrected chi connectivity index (χ4v) is 3.96. The third kappa shape index (κ3) is 3.10. The lowest BCUT2D eigenvalue weighted by Crippen LogP contribution is -3.19. The van der Waals surface area contributed by atoms with Crippen molar-refractivity contribution in [3.05, 3.63) is 60.2 Å². The van der Waals surface area contributed by atoms with Crippen LogP contribution in [-0.4, -0.2) is 44.0 Å². The van der Waals surface area contributed by atoms with Crippen molar-refractivity contribution in [3.8, 4) is 0 Å². The predicted molar refractivity (Wildman–Crippen MR) is 101 cm³/mol. The van der Waals surface area contributed by atoms with Crippen LogP contribution in [0.1, 0.15) is 12.0 Å². The Kier molecular flexibility index (Phi) is 4.47. The van der Waals surface area contributed by atoms with E-state index in [9.17, 15) is 9.59 Å². The number of anilines is 2. The van der Waals surface area contributed by atoms with Crippen molar-refractivity contribution < 1.29 is 14.5 Å². The Hall–Kier alpha value is -2.66. The molecular formula is C21H24N3O2+. The second-order valence-electron chi connectivity index (χ2n) is 7.14. The molecule has 5 heteroatoms. The van der Waals surface area contributed by atoms with Gasteiger partial charge < -0.3 is 9.80 Å². The smallest absolute Gasteiger partial charge is 0.292 e. The van der Waals surface area contributed by atoms with E-state index in [1.54, 1.807) is 0 Å². The molecule has 134 valence electrons. The molecule has 2 fully saturated rings. The van der Waals surface area contributed by atoms with Gasteiger partial charge in [0.05, 0.1) is 38.3 Å². The highest BCUT2D eigenvalue weighted by atomic mass is 16.2. The quantitative estimate of drug-likeness (QED) is 0.841. The second-order valence-corrected chi connectivity index (χ2v) is 7.14. The molecule has 0 radical (unpaired) electrons. The van der Waals surface area contributed by atoms with E-state index in [2.05, 4.69) is 17.0 Å². The minimum atomic E-state index is -0.248. The third-order valence-electron chi connectivity index (χ3n) is 5.46. The summed E-state index contributed by atoms with van der Waals surface area (Å²) in [6.45, 7) is 5.56. The van der Waals surface area contributed by atoms with Crippen LogP contribution in [0, 0.1) is 6.92 Å². The fourth-order valence-electron chi connectivity index (χ4n) is 3.96. The first kappa shape index (κ1) is 16.8. The van der Waals surface area contributed by atoms with Crippen molar-refractivity contribution in [1.29, 1.82) is 0 Å². The zero-order chi connectivity index (χ0) is 18.1. The molecule has 2 aromatic rings. The Bertz CT molecular complexity index is 796. The fraction of sp³-hybridized carbons (Fsp3) is 0.333. The van der Waals surface area contributed by atoms with Gasteiger partial charge in [-0.2, -0.15) is 0 Å². The lowest BCUT2D eigenvalue weighted by molar-refractivity contribution is -0.915. The average Bonchev–Trinajstić information content (AvgIpc) is 2.98. The molecule has 0 bridgehead atoms. The van der Waals surface area contributed by atoms with E-state index in [1.165, 1.54) is 15.5 Å². The number of para-hydroxylation sites is 1. The number of amides is 2. The molecule has 4 rings (SSSR count). The molecule has 0 saturated carbocycles. The highest BCUT2D eigenvalue weighted by molar-refractivity contribution is 6.21. The predicted octanol–water partition coefficient (Wildman–Crippen LogP) is 1.03. The molecule has 1 atom stereocenters. The van der Waals surface area contributed by atoms with Crippen molar-refractivity contribution in [2.75, 3.05) is 36.0 Å². The van der Waals surface area contributed by atoms with Crippen LogP contribution in [0.3, 0.4) is 0 Å². The SMILES string of the molecule is Cc1ccc(N2C(=O)CC([NH+]3CCN(c4ccccc4)CC3)C2=O)cc1. The summed E-state index contributed by atoms with van der Waals surface area (Å²) in [5.41, 5.74) is 3.03. The van der Waals surface area contributed by atoms with Gasteiger partial charge in [-0.1, -0.05) is 35.9 Å². The van der Waals surface area contributed by atoms with Crippen LogP contribution in [0.25, 0.3) is 0 Å². The van der Waals surface area contributed by atoms with E-state index in [0.717, 1.165) is 31.7 Å². The summed E-state index contributed by atoms with van der Waals surface area (Å²) in [5.74, 6) is -0.135. The number of nitrogens with one attached hydrogen (secondary N) is 1. The molecule has 2 heterocycles. The Morgan fingerprint density at radius 2 is 1.54 bits per heavy atom. The molecule has 0 spiro atoms. The number of aryl methyl sites for hydroxylation is 1. The maximum atomic E-state index is 12.9. The zero-order valence-electron chi connectivity index (χ0n) is 15.0. The number of nitrogens with zero attached hydrogens (tertiary/aromatic N) is 2. The lowest BCUT2D eigenvalue weighted by atomic mass is 10.1. The molecule has 2 amide bonds. The molecule has 5 nitrogen and oxygen atoms in total. The molecule has 2 aliphatic heterocycles. The molecule has 2 aromatic carbocycles. The second kappa shape index (κ2) is 6.92. The van der Waals surface area contributed by atoms with Crippen LogP contribution < -0.4 is 14.7 Å². The molecule has 26 heavy (non-hydrogen) atoms. The minimum Gasteiger partial charge on any atom is -0.360 e. The van der Waals surface area contributed by atoms with Crippen LogP contribution in [-0.2, 0) is 9.59 Å². The molecule has 1 unspecified atom stereocenters. The summed E-state index contributed by atoms with van der Waals surface area (Å²) in [4.78, 5) is 30.4. The summed E-state index contributed by atoms with van der Waals surface area (Å²) in [5, 5.41) is 0. The normalized spacial score (nSPS) is 21.5. The van der Waals surface area contributed by atoms with Crippen LogP contribution >= 0.6 is 0 Å². The number of carbonyl (C=O) groups excluding carboxylic acids is 2. The van der Waals surface area contributed by atoms with Crippen LogP contribution in [0.4, 0.5) is 11.4 Å². The number of hydrogen-bond donors (Lipinski definition) is 1. The van der Waals surface area contributed by atoms with Gasteiger partial charge in [0.25, 0.3) is 5.91 Å². The third-order valence-corrected chi connectivity index (χ3v) is 5.46. The van der Waals surface area contributed by atoms with E-state index in [4.69, 9.17) is 0 Å².